The third-order valence-electron chi connectivity index (χ3n) is 2.85. The average Bonchev–Trinajstić information content (AvgIpc) is 2.29. The van der Waals surface area contributed by atoms with Gasteiger partial charge in [0.15, 0.2) is 0 Å². The summed E-state index contributed by atoms with van der Waals surface area (Å²) in [5, 5.41) is 8.69. The van der Waals surface area contributed by atoms with Gasteiger partial charge in [0.2, 0.25) is 5.91 Å². The van der Waals surface area contributed by atoms with Gasteiger partial charge in [-0.2, -0.15) is 0 Å². The maximum Gasteiger partial charge on any atom is 0.307 e. The average molecular weight is 264 g/mol. The van der Waals surface area contributed by atoms with E-state index in [1.54, 1.807) is 12.1 Å². The zero-order valence-corrected chi connectivity index (χ0v) is 11.3. The first kappa shape index (κ1) is 15.2. The van der Waals surface area contributed by atoms with E-state index >= 15 is 0 Å². The minimum atomic E-state index is -0.842. The van der Waals surface area contributed by atoms with Gasteiger partial charge < -0.3 is 10.8 Å². The summed E-state index contributed by atoms with van der Waals surface area (Å²) in [4.78, 5) is 23.5. The highest BCUT2D eigenvalue weighted by Crippen LogP contribution is 2.10. The summed E-state index contributed by atoms with van der Waals surface area (Å²) in [5.74, 6) is -1.19. The molecule has 1 amide bonds. The molecule has 0 aliphatic heterocycles. The number of rotatable bonds is 7. The number of carbonyl (C=O) groups excluding carboxylic acids is 1. The van der Waals surface area contributed by atoms with Crippen molar-refractivity contribution in [2.75, 3.05) is 6.54 Å². The van der Waals surface area contributed by atoms with Crippen LogP contribution < -0.4 is 5.73 Å². The number of hydrogen-bond donors (Lipinski definition) is 2. The molecule has 0 aliphatic carbocycles. The van der Waals surface area contributed by atoms with Crippen molar-refractivity contribution in [2.24, 2.45) is 5.73 Å². The molecule has 1 rings (SSSR count). The van der Waals surface area contributed by atoms with Crippen LogP contribution in [0, 0.1) is 0 Å². The van der Waals surface area contributed by atoms with E-state index in [4.69, 9.17) is 10.8 Å². The van der Waals surface area contributed by atoms with E-state index in [2.05, 4.69) is 0 Å². The number of carbonyl (C=O) groups is 2. The summed E-state index contributed by atoms with van der Waals surface area (Å²) in [6.45, 7) is 4.84. The summed E-state index contributed by atoms with van der Waals surface area (Å²) in [6.07, 6.45) is 0.0233. The largest absolute Gasteiger partial charge is 0.481 e. The van der Waals surface area contributed by atoms with Crippen molar-refractivity contribution >= 4 is 11.9 Å². The summed E-state index contributed by atoms with van der Waals surface area (Å²) < 4.78 is 0. The third-order valence-corrected chi connectivity index (χ3v) is 2.85. The first-order valence-electron chi connectivity index (χ1n) is 6.20. The van der Waals surface area contributed by atoms with Crippen molar-refractivity contribution in [3.63, 3.8) is 0 Å². The molecule has 0 radical (unpaired) electrons. The van der Waals surface area contributed by atoms with Gasteiger partial charge in [-0.1, -0.05) is 24.3 Å². The number of primary amides is 1. The normalized spacial score (nSPS) is 10.9. The van der Waals surface area contributed by atoms with Crippen LogP contribution >= 0.6 is 0 Å². The van der Waals surface area contributed by atoms with Gasteiger partial charge >= 0.3 is 5.97 Å². The fourth-order valence-electron chi connectivity index (χ4n) is 1.79. The van der Waals surface area contributed by atoms with Gasteiger partial charge in [-0.25, -0.2) is 0 Å². The molecule has 1 aromatic rings. The van der Waals surface area contributed by atoms with Gasteiger partial charge in [-0.3, -0.25) is 14.5 Å². The Morgan fingerprint density at radius 2 is 1.74 bits per heavy atom. The van der Waals surface area contributed by atoms with E-state index in [1.807, 2.05) is 30.9 Å². The van der Waals surface area contributed by atoms with E-state index in [1.165, 1.54) is 0 Å². The summed E-state index contributed by atoms with van der Waals surface area (Å²) in [7, 11) is 0. The molecule has 5 nitrogen and oxygen atoms in total. The SMILES string of the molecule is CC(C)N(CC(N)=O)Cc1ccc(CC(=O)O)cc1. The molecule has 0 spiro atoms. The van der Waals surface area contributed by atoms with Crippen LogP contribution in [0.4, 0.5) is 0 Å². The molecular weight excluding hydrogens is 244 g/mol. The lowest BCUT2D eigenvalue weighted by Gasteiger charge is -2.25. The number of aliphatic carboxylic acids is 1. The summed E-state index contributed by atoms with van der Waals surface area (Å²) >= 11 is 0. The highest BCUT2D eigenvalue weighted by Gasteiger charge is 2.12. The van der Waals surface area contributed by atoms with E-state index in [0.29, 0.717) is 6.54 Å². The maximum atomic E-state index is 11.0. The lowest BCUT2D eigenvalue weighted by atomic mass is 10.1. The molecule has 19 heavy (non-hydrogen) atoms. The van der Waals surface area contributed by atoms with Crippen LogP contribution in [0.15, 0.2) is 24.3 Å². The highest BCUT2D eigenvalue weighted by molar-refractivity contribution is 5.76. The first-order valence-corrected chi connectivity index (χ1v) is 6.20. The third kappa shape index (κ3) is 5.52. The van der Waals surface area contributed by atoms with Crippen molar-refractivity contribution in [2.45, 2.75) is 32.9 Å². The molecule has 0 unspecified atom stereocenters. The van der Waals surface area contributed by atoms with E-state index in [-0.39, 0.29) is 24.9 Å². The molecule has 0 saturated carbocycles. The number of benzene rings is 1. The van der Waals surface area contributed by atoms with Crippen molar-refractivity contribution in [3.8, 4) is 0 Å². The number of hydrogen-bond acceptors (Lipinski definition) is 3. The minimum Gasteiger partial charge on any atom is -0.481 e. The van der Waals surface area contributed by atoms with Crippen molar-refractivity contribution in [1.29, 1.82) is 0 Å². The van der Waals surface area contributed by atoms with Gasteiger partial charge in [0.05, 0.1) is 13.0 Å². The Balaban J connectivity index is 2.69. The minimum absolute atomic E-state index is 0.0233. The first-order chi connectivity index (χ1) is 8.88. The lowest BCUT2D eigenvalue weighted by Crippen LogP contribution is -2.37. The van der Waals surface area contributed by atoms with Gasteiger partial charge in [0.1, 0.15) is 0 Å². The smallest absolute Gasteiger partial charge is 0.307 e. The standard InChI is InChI=1S/C14H20N2O3/c1-10(2)16(9-13(15)17)8-12-5-3-11(4-6-12)7-14(18)19/h3-6,10H,7-9H2,1-2H3,(H2,15,17)(H,18,19). The summed E-state index contributed by atoms with van der Waals surface area (Å²) in [6, 6.07) is 7.58. The second-order valence-electron chi connectivity index (χ2n) is 4.85. The van der Waals surface area contributed by atoms with Crippen molar-refractivity contribution in [1.82, 2.24) is 4.90 Å². The summed E-state index contributed by atoms with van der Waals surface area (Å²) in [5.41, 5.74) is 7.02. The Morgan fingerprint density at radius 3 is 2.16 bits per heavy atom. The molecule has 0 aliphatic rings. The van der Waals surface area contributed by atoms with E-state index < -0.39 is 5.97 Å². The fourth-order valence-corrected chi connectivity index (χ4v) is 1.79. The van der Waals surface area contributed by atoms with Crippen molar-refractivity contribution < 1.29 is 14.7 Å². The Bertz CT molecular complexity index is 441. The highest BCUT2D eigenvalue weighted by atomic mass is 16.4. The van der Waals surface area contributed by atoms with Gasteiger partial charge in [0.25, 0.3) is 0 Å². The van der Waals surface area contributed by atoms with E-state index in [9.17, 15) is 9.59 Å². The number of nitrogens with two attached hydrogens (primary N) is 1. The van der Waals surface area contributed by atoms with Crippen LogP contribution in [-0.2, 0) is 22.6 Å². The Morgan fingerprint density at radius 1 is 1.21 bits per heavy atom. The van der Waals surface area contributed by atoms with Crippen LogP contribution in [0.3, 0.4) is 0 Å². The van der Waals surface area contributed by atoms with Crippen LogP contribution in [0.2, 0.25) is 0 Å². The van der Waals surface area contributed by atoms with E-state index in [0.717, 1.165) is 11.1 Å². The monoisotopic (exact) mass is 264 g/mol. The molecule has 5 heteroatoms. The van der Waals surface area contributed by atoms with Crippen LogP contribution in [0.5, 0.6) is 0 Å². The van der Waals surface area contributed by atoms with Crippen LogP contribution in [0.25, 0.3) is 0 Å². The second kappa shape index (κ2) is 6.89. The predicted octanol–water partition coefficient (Wildman–Crippen LogP) is 1.01. The second-order valence-corrected chi connectivity index (χ2v) is 4.85. The predicted molar refractivity (Wildman–Crippen MR) is 72.5 cm³/mol. The molecule has 0 saturated heterocycles. The molecular formula is C14H20N2O3. The molecule has 1 aromatic carbocycles. The number of carboxylic acids is 1. The molecule has 0 heterocycles. The molecule has 104 valence electrons. The lowest BCUT2D eigenvalue weighted by molar-refractivity contribution is -0.136. The molecule has 3 N–H and O–H groups in total. The zero-order valence-electron chi connectivity index (χ0n) is 11.3. The molecule has 0 bridgehead atoms. The van der Waals surface area contributed by atoms with Gasteiger partial charge in [-0.05, 0) is 25.0 Å². The topological polar surface area (TPSA) is 83.6 Å². The number of carboxylic acid groups (broad SMARTS) is 1. The molecule has 0 atom stereocenters. The van der Waals surface area contributed by atoms with Gasteiger partial charge in [-0.15, -0.1) is 0 Å². The zero-order chi connectivity index (χ0) is 14.4. The Kier molecular flexibility index (Phi) is 5.51. The quantitative estimate of drug-likeness (QED) is 0.770. The van der Waals surface area contributed by atoms with Crippen LogP contribution in [0.1, 0.15) is 25.0 Å². The number of amides is 1. The molecule has 0 fully saturated rings. The van der Waals surface area contributed by atoms with Gasteiger partial charge in [0, 0.05) is 12.6 Å². The Labute approximate surface area is 113 Å². The Hall–Kier alpha value is -1.88. The molecule has 0 aromatic heterocycles. The van der Waals surface area contributed by atoms with Crippen LogP contribution in [-0.4, -0.2) is 34.5 Å². The number of nitrogens with zero attached hydrogens (tertiary/aromatic N) is 1. The fraction of sp³-hybridized carbons (Fsp3) is 0.429. The van der Waals surface area contributed by atoms with Crippen molar-refractivity contribution in [3.05, 3.63) is 35.4 Å². The maximum absolute atomic E-state index is 11.0.